The predicted molar refractivity (Wildman–Crippen MR) is 66.0 cm³/mol. The maximum absolute atomic E-state index is 11.5. The average Bonchev–Trinajstić information content (AvgIpc) is 2.86. The van der Waals surface area contributed by atoms with Crippen molar-refractivity contribution in [3.8, 4) is 0 Å². The first-order valence-electron chi connectivity index (χ1n) is 5.39. The number of rotatable bonds is 6. The van der Waals surface area contributed by atoms with Crippen molar-refractivity contribution in [2.24, 2.45) is 0 Å². The Labute approximate surface area is 104 Å². The molecule has 2 amide bonds. The van der Waals surface area contributed by atoms with E-state index in [4.69, 9.17) is 5.11 Å². The molecule has 17 heavy (non-hydrogen) atoms. The molecule has 0 unspecified atom stereocenters. The minimum atomic E-state index is -0.296. The zero-order valence-electron chi connectivity index (χ0n) is 9.60. The molecular weight excluding hydrogens is 240 g/mol. The number of amides is 2. The molecule has 0 saturated heterocycles. The van der Waals surface area contributed by atoms with Crippen molar-refractivity contribution < 1.29 is 14.7 Å². The van der Waals surface area contributed by atoms with Gasteiger partial charge in [0, 0.05) is 0 Å². The van der Waals surface area contributed by atoms with Crippen LogP contribution in [0.25, 0.3) is 0 Å². The lowest BCUT2D eigenvalue weighted by atomic mass is 10.2. The van der Waals surface area contributed by atoms with E-state index in [2.05, 4.69) is 10.6 Å². The van der Waals surface area contributed by atoms with Crippen LogP contribution in [0.15, 0.2) is 17.5 Å². The van der Waals surface area contributed by atoms with Crippen molar-refractivity contribution >= 4 is 23.2 Å². The highest BCUT2D eigenvalue weighted by Crippen LogP contribution is 2.07. The molecule has 6 heteroatoms. The highest BCUT2D eigenvalue weighted by molar-refractivity contribution is 7.12. The number of thiophene rings is 1. The topological polar surface area (TPSA) is 78.4 Å². The fraction of sp³-hybridized carbons (Fsp3) is 0.455. The summed E-state index contributed by atoms with van der Waals surface area (Å²) in [6.07, 6.45) is 0.654. The highest BCUT2D eigenvalue weighted by atomic mass is 32.1. The maximum Gasteiger partial charge on any atom is 0.261 e. The van der Waals surface area contributed by atoms with Gasteiger partial charge in [-0.25, -0.2) is 0 Å². The van der Waals surface area contributed by atoms with E-state index in [0.29, 0.717) is 11.3 Å². The smallest absolute Gasteiger partial charge is 0.261 e. The summed E-state index contributed by atoms with van der Waals surface area (Å²) in [6, 6.07) is 3.22. The van der Waals surface area contributed by atoms with Gasteiger partial charge in [-0.15, -0.1) is 11.3 Å². The Morgan fingerprint density at radius 2 is 2.29 bits per heavy atom. The van der Waals surface area contributed by atoms with Crippen LogP contribution < -0.4 is 10.6 Å². The molecule has 1 heterocycles. The molecule has 0 aliphatic carbocycles. The van der Waals surface area contributed by atoms with Crippen molar-refractivity contribution in [1.29, 1.82) is 0 Å². The molecule has 1 rings (SSSR count). The quantitative estimate of drug-likeness (QED) is 0.688. The molecule has 0 radical (unpaired) electrons. The van der Waals surface area contributed by atoms with Crippen LogP contribution in [0.1, 0.15) is 23.0 Å². The first kappa shape index (κ1) is 13.7. The largest absolute Gasteiger partial charge is 0.394 e. The van der Waals surface area contributed by atoms with Crippen molar-refractivity contribution in [2.75, 3.05) is 13.2 Å². The van der Waals surface area contributed by atoms with Gasteiger partial charge in [0.2, 0.25) is 5.91 Å². The molecule has 5 nitrogen and oxygen atoms in total. The van der Waals surface area contributed by atoms with Crippen molar-refractivity contribution in [3.63, 3.8) is 0 Å². The van der Waals surface area contributed by atoms with E-state index in [9.17, 15) is 9.59 Å². The van der Waals surface area contributed by atoms with Crippen LogP contribution in [-0.2, 0) is 4.79 Å². The van der Waals surface area contributed by atoms with E-state index in [1.807, 2.05) is 6.92 Å². The standard InChI is InChI=1S/C11H16N2O3S/c1-2-8(7-14)13-10(15)6-12-11(16)9-4-3-5-17-9/h3-5,8,14H,2,6-7H2,1H3,(H,12,16)(H,13,15)/t8-/m1/s1. The van der Waals surface area contributed by atoms with Crippen molar-refractivity contribution in [3.05, 3.63) is 22.4 Å². The van der Waals surface area contributed by atoms with Gasteiger partial charge in [0.15, 0.2) is 0 Å². The Kier molecular flexibility index (Phi) is 5.65. The SMILES string of the molecule is CC[C@H](CO)NC(=O)CNC(=O)c1cccs1. The number of hydrogen-bond acceptors (Lipinski definition) is 4. The van der Waals surface area contributed by atoms with Crippen LogP contribution in [0.4, 0.5) is 0 Å². The van der Waals surface area contributed by atoms with Crippen LogP contribution in [0, 0.1) is 0 Å². The van der Waals surface area contributed by atoms with E-state index in [-0.39, 0.29) is 31.0 Å². The predicted octanol–water partition coefficient (Wildman–Crippen LogP) is 0.365. The Hall–Kier alpha value is -1.40. The molecule has 1 atom stereocenters. The summed E-state index contributed by atoms with van der Waals surface area (Å²) in [7, 11) is 0. The van der Waals surface area contributed by atoms with Crippen LogP contribution >= 0.6 is 11.3 Å². The molecule has 1 aromatic heterocycles. The number of hydrogen-bond donors (Lipinski definition) is 3. The molecule has 94 valence electrons. The lowest BCUT2D eigenvalue weighted by Gasteiger charge is -2.13. The zero-order valence-corrected chi connectivity index (χ0v) is 10.4. The van der Waals surface area contributed by atoms with Crippen molar-refractivity contribution in [2.45, 2.75) is 19.4 Å². The summed E-state index contributed by atoms with van der Waals surface area (Å²) in [5.74, 6) is -0.553. The fourth-order valence-electron chi connectivity index (χ4n) is 1.21. The van der Waals surface area contributed by atoms with Gasteiger partial charge in [-0.3, -0.25) is 9.59 Å². The second-order valence-corrected chi connectivity index (χ2v) is 4.46. The van der Waals surface area contributed by atoms with E-state index in [1.54, 1.807) is 17.5 Å². The van der Waals surface area contributed by atoms with Gasteiger partial charge in [0.05, 0.1) is 24.1 Å². The van der Waals surface area contributed by atoms with Crippen LogP contribution in [0.5, 0.6) is 0 Å². The monoisotopic (exact) mass is 256 g/mol. The van der Waals surface area contributed by atoms with Gasteiger partial charge in [-0.05, 0) is 17.9 Å². The number of aliphatic hydroxyl groups is 1. The number of nitrogens with one attached hydrogen (secondary N) is 2. The summed E-state index contributed by atoms with van der Waals surface area (Å²) in [4.78, 5) is 23.5. The molecule has 1 aromatic rings. The van der Waals surface area contributed by atoms with Crippen molar-refractivity contribution in [1.82, 2.24) is 10.6 Å². The minimum Gasteiger partial charge on any atom is -0.394 e. The Morgan fingerprint density at radius 3 is 2.82 bits per heavy atom. The zero-order chi connectivity index (χ0) is 12.7. The minimum absolute atomic E-state index is 0.0762. The lowest BCUT2D eigenvalue weighted by molar-refractivity contribution is -0.121. The third kappa shape index (κ3) is 4.54. The molecular formula is C11H16N2O3S. The van der Waals surface area contributed by atoms with Crippen LogP contribution in [0.3, 0.4) is 0 Å². The van der Waals surface area contributed by atoms with Crippen LogP contribution in [0.2, 0.25) is 0 Å². The second-order valence-electron chi connectivity index (χ2n) is 3.52. The number of carbonyl (C=O) groups excluding carboxylic acids is 2. The number of carbonyl (C=O) groups is 2. The lowest BCUT2D eigenvalue weighted by Crippen LogP contribution is -2.43. The van der Waals surface area contributed by atoms with Gasteiger partial charge in [-0.1, -0.05) is 13.0 Å². The molecule has 0 bridgehead atoms. The molecule has 0 aliphatic rings. The van der Waals surface area contributed by atoms with Gasteiger partial charge in [0.1, 0.15) is 0 Å². The second kappa shape index (κ2) is 7.03. The molecule has 0 fully saturated rings. The number of aliphatic hydroxyl groups excluding tert-OH is 1. The van der Waals surface area contributed by atoms with Gasteiger partial charge >= 0.3 is 0 Å². The third-order valence-corrected chi connectivity index (χ3v) is 3.10. The summed E-state index contributed by atoms with van der Waals surface area (Å²) >= 11 is 1.32. The Balaban J connectivity index is 2.31. The fourth-order valence-corrected chi connectivity index (χ4v) is 1.85. The molecule has 0 aliphatic heterocycles. The van der Waals surface area contributed by atoms with E-state index < -0.39 is 0 Å². The molecule has 3 N–H and O–H groups in total. The normalized spacial score (nSPS) is 11.9. The summed E-state index contributed by atoms with van der Waals surface area (Å²) in [6.45, 7) is 1.69. The average molecular weight is 256 g/mol. The summed E-state index contributed by atoms with van der Waals surface area (Å²) in [5.41, 5.74) is 0. The highest BCUT2D eigenvalue weighted by Gasteiger charge is 2.11. The Bertz CT molecular complexity index is 361. The van der Waals surface area contributed by atoms with Gasteiger partial charge < -0.3 is 15.7 Å². The Morgan fingerprint density at radius 1 is 1.53 bits per heavy atom. The molecule has 0 spiro atoms. The van der Waals surface area contributed by atoms with Gasteiger partial charge in [0.25, 0.3) is 5.91 Å². The summed E-state index contributed by atoms with van der Waals surface area (Å²) in [5, 5.41) is 15.8. The summed E-state index contributed by atoms with van der Waals surface area (Å²) < 4.78 is 0. The van der Waals surface area contributed by atoms with Crippen LogP contribution in [-0.4, -0.2) is 36.1 Å². The van der Waals surface area contributed by atoms with Gasteiger partial charge in [-0.2, -0.15) is 0 Å². The molecule has 0 aromatic carbocycles. The molecule has 0 saturated carbocycles. The first-order valence-corrected chi connectivity index (χ1v) is 6.27. The third-order valence-electron chi connectivity index (χ3n) is 2.23. The first-order chi connectivity index (χ1) is 8.17. The maximum atomic E-state index is 11.5. The van der Waals surface area contributed by atoms with E-state index in [1.165, 1.54) is 11.3 Å². The van der Waals surface area contributed by atoms with E-state index in [0.717, 1.165) is 0 Å². The van der Waals surface area contributed by atoms with E-state index >= 15 is 0 Å².